The predicted molar refractivity (Wildman–Crippen MR) is 121 cm³/mol. The van der Waals surface area contributed by atoms with E-state index < -0.39 is 5.54 Å². The molecule has 30 heavy (non-hydrogen) atoms. The number of thiocarbonyl (C=S) groups is 1. The van der Waals surface area contributed by atoms with Crippen molar-refractivity contribution in [3.8, 4) is 0 Å². The molecule has 2 spiro atoms. The van der Waals surface area contributed by atoms with Gasteiger partial charge in [0.15, 0.2) is 10.8 Å². The number of rotatable bonds is 1. The first-order chi connectivity index (χ1) is 14.4. The van der Waals surface area contributed by atoms with Crippen molar-refractivity contribution in [1.82, 2.24) is 10.2 Å². The molecule has 1 heterocycles. The monoisotopic (exact) mass is 415 g/mol. The fourth-order valence-corrected chi connectivity index (χ4v) is 6.39. The Labute approximate surface area is 183 Å². The summed E-state index contributed by atoms with van der Waals surface area (Å²) in [5.74, 6) is 0.0503. The van der Waals surface area contributed by atoms with Crippen LogP contribution in [0.2, 0.25) is 0 Å². The molecule has 1 N–H and O–H groups in total. The quantitative estimate of drug-likeness (QED) is 0.543. The Bertz CT molecular complexity index is 1090. The lowest BCUT2D eigenvalue weighted by atomic mass is 9.65. The van der Waals surface area contributed by atoms with E-state index in [0.29, 0.717) is 10.8 Å². The Hall–Kier alpha value is -2.71. The van der Waals surface area contributed by atoms with Crippen molar-refractivity contribution in [2.45, 2.75) is 57.5 Å². The number of hydrogen-bond donors (Lipinski definition) is 1. The van der Waals surface area contributed by atoms with Crippen LogP contribution in [0.3, 0.4) is 0 Å². The van der Waals surface area contributed by atoms with Crippen molar-refractivity contribution in [1.29, 1.82) is 0 Å². The van der Waals surface area contributed by atoms with Crippen molar-refractivity contribution in [3.63, 3.8) is 0 Å². The Morgan fingerprint density at radius 1 is 1.10 bits per heavy atom. The van der Waals surface area contributed by atoms with Gasteiger partial charge in [-0.2, -0.15) is 0 Å². The molecule has 1 amide bonds. The molecule has 0 radical (unpaired) electrons. The SMILES string of the molecule is [C-]#[N+]c1ccc2c(c1)C1(NC(=S)N(C(C)C)C1=O)C1(CCc3ccccc3CC1)C2. The van der Waals surface area contributed by atoms with Gasteiger partial charge >= 0.3 is 0 Å². The molecular formula is C25H25N3OS. The lowest BCUT2D eigenvalue weighted by Gasteiger charge is -2.42. The predicted octanol–water partition coefficient (Wildman–Crippen LogP) is 4.68. The number of amides is 1. The zero-order valence-corrected chi connectivity index (χ0v) is 18.2. The van der Waals surface area contributed by atoms with Crippen molar-refractivity contribution in [3.05, 3.63) is 76.1 Å². The van der Waals surface area contributed by atoms with Crippen molar-refractivity contribution in [2.75, 3.05) is 0 Å². The molecule has 1 aliphatic heterocycles. The van der Waals surface area contributed by atoms with Crippen LogP contribution in [0.1, 0.15) is 48.9 Å². The number of nitrogens with zero attached hydrogens (tertiary/aromatic N) is 2. The van der Waals surface area contributed by atoms with Gasteiger partial charge in [0.05, 0.1) is 6.57 Å². The summed E-state index contributed by atoms with van der Waals surface area (Å²) in [6, 6.07) is 14.5. The van der Waals surface area contributed by atoms with Gasteiger partial charge in [-0.25, -0.2) is 4.85 Å². The summed E-state index contributed by atoms with van der Waals surface area (Å²) in [6.07, 6.45) is 4.57. The maximum Gasteiger partial charge on any atom is 0.259 e. The third-order valence-corrected chi connectivity index (χ3v) is 7.68. The number of benzene rings is 2. The summed E-state index contributed by atoms with van der Waals surface area (Å²) in [5.41, 5.74) is 4.32. The molecule has 5 rings (SSSR count). The summed E-state index contributed by atoms with van der Waals surface area (Å²) < 4.78 is 0. The number of hydrogen-bond acceptors (Lipinski definition) is 2. The molecule has 0 bridgehead atoms. The van der Waals surface area contributed by atoms with Gasteiger partial charge in [0, 0.05) is 11.5 Å². The van der Waals surface area contributed by atoms with Gasteiger partial charge in [-0.3, -0.25) is 9.69 Å². The highest BCUT2D eigenvalue weighted by Gasteiger charge is 2.66. The first-order valence-corrected chi connectivity index (χ1v) is 11.1. The van der Waals surface area contributed by atoms with Crippen LogP contribution in [0.4, 0.5) is 5.69 Å². The Kier molecular flexibility index (Phi) is 4.27. The van der Waals surface area contributed by atoms with Gasteiger partial charge in [0.25, 0.3) is 5.91 Å². The number of aryl methyl sites for hydroxylation is 2. The number of nitrogens with one attached hydrogen (secondary N) is 1. The molecule has 2 aromatic rings. The molecule has 5 heteroatoms. The zero-order valence-electron chi connectivity index (χ0n) is 17.4. The molecule has 0 aromatic heterocycles. The van der Waals surface area contributed by atoms with E-state index in [1.807, 2.05) is 32.0 Å². The van der Waals surface area contributed by atoms with Crippen LogP contribution in [-0.4, -0.2) is 22.0 Å². The van der Waals surface area contributed by atoms with Crippen LogP contribution < -0.4 is 5.32 Å². The molecule has 1 fully saturated rings. The van der Waals surface area contributed by atoms with Gasteiger partial charge < -0.3 is 5.32 Å². The van der Waals surface area contributed by atoms with Crippen molar-refractivity contribution < 1.29 is 4.79 Å². The van der Waals surface area contributed by atoms with E-state index in [0.717, 1.165) is 37.7 Å². The van der Waals surface area contributed by atoms with Crippen LogP contribution in [-0.2, 0) is 29.6 Å². The molecule has 0 saturated carbocycles. The van der Waals surface area contributed by atoms with Crippen molar-refractivity contribution in [2.24, 2.45) is 5.41 Å². The van der Waals surface area contributed by atoms with E-state index in [-0.39, 0.29) is 17.4 Å². The summed E-state index contributed by atoms with van der Waals surface area (Å²) in [5, 5.41) is 4.05. The van der Waals surface area contributed by atoms with Crippen LogP contribution >= 0.6 is 12.2 Å². The summed E-state index contributed by atoms with van der Waals surface area (Å²) in [4.78, 5) is 19.5. The van der Waals surface area contributed by atoms with Gasteiger partial charge in [0.2, 0.25) is 0 Å². The van der Waals surface area contributed by atoms with Gasteiger partial charge in [0.1, 0.15) is 5.54 Å². The third kappa shape index (κ3) is 2.43. The Morgan fingerprint density at radius 2 is 1.77 bits per heavy atom. The van der Waals surface area contributed by atoms with Crippen molar-refractivity contribution >= 4 is 28.9 Å². The van der Waals surface area contributed by atoms with Gasteiger partial charge in [-0.05, 0) is 80.4 Å². The summed E-state index contributed by atoms with van der Waals surface area (Å²) in [7, 11) is 0. The molecule has 2 aromatic carbocycles. The first kappa shape index (κ1) is 19.3. The maximum absolute atomic E-state index is 14.1. The van der Waals surface area contributed by atoms with Gasteiger partial charge in [-0.1, -0.05) is 42.5 Å². The van der Waals surface area contributed by atoms with E-state index in [1.54, 1.807) is 4.90 Å². The van der Waals surface area contributed by atoms with Crippen LogP contribution in [0.5, 0.6) is 0 Å². The zero-order chi connectivity index (χ0) is 21.1. The minimum atomic E-state index is -0.883. The normalized spacial score (nSPS) is 24.0. The molecule has 152 valence electrons. The molecular weight excluding hydrogens is 390 g/mol. The fraction of sp³-hybridized carbons (Fsp3) is 0.400. The Morgan fingerprint density at radius 3 is 2.33 bits per heavy atom. The highest BCUT2D eigenvalue weighted by Crippen LogP contribution is 2.59. The number of fused-ring (bicyclic) bond motifs is 4. The van der Waals surface area contributed by atoms with E-state index in [2.05, 4.69) is 34.4 Å². The van der Waals surface area contributed by atoms with Gasteiger partial charge in [-0.15, -0.1) is 0 Å². The first-order valence-electron chi connectivity index (χ1n) is 10.7. The third-order valence-electron chi connectivity index (χ3n) is 7.38. The number of carbonyl (C=O) groups excluding carboxylic acids is 1. The maximum atomic E-state index is 14.1. The standard InChI is InChI=1S/C25H25N3OS/c1-16(2)28-22(29)25(27-23(28)30)21-14-20(26-3)9-8-19(21)15-24(25)12-10-17-6-4-5-7-18(17)11-13-24/h4-9,14,16H,10-13,15H2,1-2H3,(H,27,30). The van der Waals surface area contributed by atoms with E-state index in [9.17, 15) is 4.79 Å². The molecule has 4 nitrogen and oxygen atoms in total. The second-order valence-corrected chi connectivity index (χ2v) is 9.51. The second kappa shape index (κ2) is 6.65. The molecule has 3 aliphatic rings. The van der Waals surface area contributed by atoms with E-state index >= 15 is 0 Å². The largest absolute Gasteiger partial charge is 0.344 e. The minimum absolute atomic E-state index is 0.00926. The summed E-state index contributed by atoms with van der Waals surface area (Å²) >= 11 is 5.68. The van der Waals surface area contributed by atoms with Crippen LogP contribution in [0.15, 0.2) is 42.5 Å². The average molecular weight is 416 g/mol. The minimum Gasteiger partial charge on any atom is -0.344 e. The average Bonchev–Trinajstić information content (AvgIpc) is 3.07. The topological polar surface area (TPSA) is 36.7 Å². The lowest BCUT2D eigenvalue weighted by Crippen LogP contribution is -2.55. The lowest BCUT2D eigenvalue weighted by molar-refractivity contribution is -0.137. The molecule has 2 aliphatic carbocycles. The second-order valence-electron chi connectivity index (χ2n) is 9.13. The molecule has 1 saturated heterocycles. The van der Waals surface area contributed by atoms with Crippen LogP contribution in [0, 0.1) is 12.0 Å². The fourth-order valence-electron chi connectivity index (χ4n) is 5.95. The highest BCUT2D eigenvalue weighted by atomic mass is 32.1. The highest BCUT2D eigenvalue weighted by molar-refractivity contribution is 7.80. The molecule has 1 unspecified atom stereocenters. The van der Waals surface area contributed by atoms with E-state index in [1.165, 1.54) is 16.7 Å². The molecule has 1 atom stereocenters. The number of carbonyl (C=O) groups is 1. The Balaban J connectivity index is 1.70. The van der Waals surface area contributed by atoms with Crippen LogP contribution in [0.25, 0.3) is 4.85 Å². The summed E-state index contributed by atoms with van der Waals surface area (Å²) in [6.45, 7) is 11.5. The van der Waals surface area contributed by atoms with E-state index in [4.69, 9.17) is 18.8 Å². The smallest absolute Gasteiger partial charge is 0.259 e.